The van der Waals surface area contributed by atoms with Crippen molar-refractivity contribution in [2.45, 2.75) is 127 Å². The number of piperazine rings is 2. The Kier molecular flexibility index (Phi) is 16.5. The Hall–Kier alpha value is -5.85. The molecular weight excluding hydrogens is 1060 g/mol. The van der Waals surface area contributed by atoms with Gasteiger partial charge in [0.2, 0.25) is 11.8 Å². The number of amides is 5. The molecule has 430 valence electrons. The highest BCUT2D eigenvalue weighted by atomic mass is 32.2. The number of rotatable bonds is 21. The van der Waals surface area contributed by atoms with Crippen LogP contribution in [0, 0.1) is 23.2 Å². The Labute approximate surface area is 483 Å². The van der Waals surface area contributed by atoms with Crippen LogP contribution in [0.1, 0.15) is 134 Å². The van der Waals surface area contributed by atoms with E-state index in [0.29, 0.717) is 32.9 Å². The summed E-state index contributed by atoms with van der Waals surface area (Å²) in [4.78, 5) is 76.3. The van der Waals surface area contributed by atoms with Gasteiger partial charge in [-0.2, -0.15) is 0 Å². The lowest BCUT2D eigenvalue weighted by Gasteiger charge is -2.72. The lowest BCUT2D eigenvalue weighted by atomic mass is 9.33. The van der Waals surface area contributed by atoms with Crippen LogP contribution in [0.5, 0.6) is 0 Å². The van der Waals surface area contributed by atoms with E-state index in [2.05, 4.69) is 67.9 Å². The zero-order valence-electron chi connectivity index (χ0n) is 47.7. The predicted octanol–water partition coefficient (Wildman–Crippen LogP) is 8.94. The minimum Gasteiger partial charge on any atom is -0.381 e. The summed E-state index contributed by atoms with van der Waals surface area (Å²) in [5, 5.41) is 6.00. The average molecular weight is 1140 g/mol. The number of carbonyl (C=O) groups is 5. The predicted molar refractivity (Wildman–Crippen MR) is 318 cm³/mol. The first kappa shape index (κ1) is 57.0. The molecule has 5 amide bonds. The molecule has 4 aliphatic heterocycles. The number of unbranched alkanes of at least 4 members (excludes halogenated alkanes) is 1. The number of nitrogens with one attached hydrogen (secondary N) is 3. The van der Waals surface area contributed by atoms with Crippen LogP contribution in [-0.4, -0.2) is 147 Å². The molecule has 2 bridgehead atoms. The average Bonchev–Trinajstić information content (AvgIpc) is 3.85. The molecule has 3 saturated heterocycles. The molecule has 15 nitrogen and oxygen atoms in total. The summed E-state index contributed by atoms with van der Waals surface area (Å²) in [5.74, 6) is -1.81. The van der Waals surface area contributed by atoms with E-state index in [1.165, 1.54) is 43.4 Å². The number of sulfonamides is 1. The molecule has 3 N–H and O–H groups in total. The molecule has 81 heavy (non-hydrogen) atoms. The first-order chi connectivity index (χ1) is 38.8. The number of carbonyl (C=O) groups excluding carboxylic acids is 5. The summed E-state index contributed by atoms with van der Waals surface area (Å²) >= 11 is 1.80. The molecular formula is C64H80N8O7S2. The number of aryl methyl sites for hydroxylation is 2. The largest absolute Gasteiger partial charge is 0.381 e. The molecule has 4 aliphatic carbocycles. The summed E-state index contributed by atoms with van der Waals surface area (Å²) in [6.07, 6.45) is 11.7. The number of anilines is 2. The van der Waals surface area contributed by atoms with E-state index in [1.54, 1.807) is 53.7 Å². The lowest BCUT2D eigenvalue weighted by Crippen LogP contribution is -2.61. The molecule has 3 saturated carbocycles. The maximum atomic E-state index is 13.7. The molecule has 0 spiro atoms. The highest BCUT2D eigenvalue weighted by Gasteiger charge is 2.67. The Morgan fingerprint density at radius 3 is 2.15 bits per heavy atom. The van der Waals surface area contributed by atoms with Gasteiger partial charge in [-0.05, 0) is 178 Å². The molecule has 2 atom stereocenters. The fourth-order valence-corrected chi connectivity index (χ4v) is 16.2. The van der Waals surface area contributed by atoms with Crippen molar-refractivity contribution in [3.05, 3.63) is 130 Å². The highest BCUT2D eigenvalue weighted by Crippen LogP contribution is 2.77. The standard InChI is InChI=1S/C64H80N8O7S2/c1-44-36-51(81(78,79)67-58(74)46-14-16-49(17-15-46)71-34-32-70(33-35-71)39-47-23-25-62(2,3)38-54(47)64-41-63(4,42-64)43-64)18-20-55(44)65-48(40-80-50-11-6-5-7-12-50)24-27-69-30-28-68(29-31-69)26-9-8-10-45-13-19-52-53(37-45)61(77)72(60(52)76)56-21-22-57(73)66-59(56)75/h5-7,11-20,36-37,48,56,65H,8-10,21-35,38-43H2,1-4H3,(H,67,74)(H,66,73,75)/t48-,56?,63?,64?/m1/s1. The van der Waals surface area contributed by atoms with Crippen LogP contribution in [-0.2, 0) is 26.0 Å². The van der Waals surface area contributed by atoms with Crippen LogP contribution in [0.15, 0.2) is 112 Å². The molecule has 0 aromatic heterocycles. The zero-order chi connectivity index (χ0) is 56.7. The maximum Gasteiger partial charge on any atom is 0.264 e. The molecule has 4 heterocycles. The van der Waals surface area contributed by atoms with Gasteiger partial charge in [-0.1, -0.05) is 56.2 Å². The first-order valence-electron chi connectivity index (χ1n) is 29.5. The van der Waals surface area contributed by atoms with Crippen molar-refractivity contribution in [2.75, 3.05) is 88.0 Å². The van der Waals surface area contributed by atoms with Crippen LogP contribution in [0.4, 0.5) is 11.4 Å². The van der Waals surface area contributed by atoms with E-state index < -0.39 is 45.6 Å². The van der Waals surface area contributed by atoms with Gasteiger partial charge in [0.1, 0.15) is 6.04 Å². The monoisotopic (exact) mass is 1140 g/mol. The van der Waals surface area contributed by atoms with Gasteiger partial charge in [-0.15, -0.1) is 11.8 Å². The number of hydrogen-bond donors (Lipinski definition) is 3. The highest BCUT2D eigenvalue weighted by molar-refractivity contribution is 7.99. The molecule has 8 aliphatic rings. The number of fused-ring (bicyclic) bond motifs is 1. The van der Waals surface area contributed by atoms with E-state index in [0.717, 1.165) is 131 Å². The van der Waals surface area contributed by atoms with Crippen molar-refractivity contribution in [2.24, 2.45) is 16.2 Å². The fourth-order valence-electron chi connectivity index (χ4n) is 14.2. The third kappa shape index (κ3) is 12.7. The van der Waals surface area contributed by atoms with Crippen LogP contribution in [0.2, 0.25) is 0 Å². The number of hydrogen-bond acceptors (Lipinski definition) is 13. The van der Waals surface area contributed by atoms with Crippen molar-refractivity contribution >= 4 is 62.7 Å². The van der Waals surface area contributed by atoms with Gasteiger partial charge >= 0.3 is 0 Å². The SMILES string of the molecule is Cc1cc(S(=O)(=O)NC(=O)c2ccc(N3CCN(CC4=C(C56CC(C)(C5)C6)CC(C)(C)CC4)CC3)cc2)ccc1N[C@H](CCN1CCN(CCCCc2ccc3c(c2)C(=O)N(C2CCC(=O)NC2=O)C3=O)CC1)CSc1ccccc1. The first-order valence-corrected chi connectivity index (χ1v) is 32.0. The number of nitrogens with zero attached hydrogens (tertiary/aromatic N) is 5. The van der Waals surface area contributed by atoms with Crippen molar-refractivity contribution in [1.82, 2.24) is 29.6 Å². The van der Waals surface area contributed by atoms with Crippen molar-refractivity contribution < 1.29 is 32.4 Å². The number of piperidine rings is 1. The molecule has 1 unspecified atom stereocenters. The summed E-state index contributed by atoms with van der Waals surface area (Å²) in [6.45, 7) is 19.9. The molecule has 12 rings (SSSR count). The third-order valence-electron chi connectivity index (χ3n) is 18.6. The fraction of sp³-hybridized carbons (Fsp3) is 0.516. The quantitative estimate of drug-likeness (QED) is 0.0313. The van der Waals surface area contributed by atoms with Crippen LogP contribution in [0.25, 0.3) is 0 Å². The van der Waals surface area contributed by atoms with E-state index >= 15 is 0 Å². The zero-order valence-corrected chi connectivity index (χ0v) is 49.3. The lowest BCUT2D eigenvalue weighted by molar-refractivity contribution is -0.167. The normalized spacial score (nSPS) is 24.6. The maximum absolute atomic E-state index is 13.7. The minimum absolute atomic E-state index is 0.0392. The van der Waals surface area contributed by atoms with Crippen LogP contribution >= 0.6 is 11.8 Å². The van der Waals surface area contributed by atoms with Crippen LogP contribution in [0.3, 0.4) is 0 Å². The second kappa shape index (κ2) is 23.4. The van der Waals surface area contributed by atoms with Gasteiger partial charge in [0, 0.05) is 105 Å². The number of benzene rings is 4. The summed E-state index contributed by atoms with van der Waals surface area (Å²) < 4.78 is 29.8. The van der Waals surface area contributed by atoms with Gasteiger partial charge in [0.15, 0.2) is 0 Å². The molecule has 0 radical (unpaired) electrons. The third-order valence-corrected chi connectivity index (χ3v) is 21.1. The van der Waals surface area contributed by atoms with Gasteiger partial charge < -0.3 is 20.0 Å². The summed E-state index contributed by atoms with van der Waals surface area (Å²) in [6, 6.07) is 27.2. The van der Waals surface area contributed by atoms with E-state index in [4.69, 9.17) is 0 Å². The van der Waals surface area contributed by atoms with E-state index in [1.807, 2.05) is 55.0 Å². The van der Waals surface area contributed by atoms with E-state index in [9.17, 15) is 32.4 Å². The second-order valence-electron chi connectivity index (χ2n) is 25.5. The number of thioether (sulfide) groups is 1. The smallest absolute Gasteiger partial charge is 0.264 e. The minimum atomic E-state index is -4.15. The van der Waals surface area contributed by atoms with Gasteiger partial charge in [-0.3, -0.25) is 39.1 Å². The summed E-state index contributed by atoms with van der Waals surface area (Å²) in [7, 11) is -4.15. The second-order valence-corrected chi connectivity index (χ2v) is 28.3. The van der Waals surface area contributed by atoms with Gasteiger partial charge in [0.25, 0.3) is 27.7 Å². The van der Waals surface area contributed by atoms with Crippen molar-refractivity contribution in [3.8, 4) is 0 Å². The molecule has 4 aromatic rings. The number of allylic oxidation sites excluding steroid dienone is 1. The van der Waals surface area contributed by atoms with Crippen LogP contribution < -0.4 is 20.3 Å². The Bertz CT molecular complexity index is 3180. The topological polar surface area (TPSA) is 172 Å². The number of imide groups is 2. The summed E-state index contributed by atoms with van der Waals surface area (Å²) in [5.41, 5.74) is 9.59. The van der Waals surface area contributed by atoms with Gasteiger partial charge in [0.05, 0.1) is 16.0 Å². The molecule has 6 fully saturated rings. The van der Waals surface area contributed by atoms with E-state index in [-0.39, 0.29) is 23.8 Å². The van der Waals surface area contributed by atoms with Gasteiger partial charge in [-0.25, -0.2) is 13.1 Å². The Morgan fingerprint density at radius 2 is 1.46 bits per heavy atom. The van der Waals surface area contributed by atoms with Crippen molar-refractivity contribution in [1.29, 1.82) is 0 Å². The Morgan fingerprint density at radius 1 is 0.765 bits per heavy atom. The Balaban J connectivity index is 0.628. The van der Waals surface area contributed by atoms with Crippen molar-refractivity contribution in [3.63, 3.8) is 0 Å². The molecule has 4 aromatic carbocycles. The molecule has 17 heteroatoms.